The lowest BCUT2D eigenvalue weighted by atomic mass is 10.5. The van der Waals surface area contributed by atoms with Crippen LogP contribution >= 0.6 is 0 Å². The van der Waals surface area contributed by atoms with E-state index in [4.69, 9.17) is 10.9 Å². The molecule has 0 radical (unpaired) electrons. The van der Waals surface area contributed by atoms with Crippen molar-refractivity contribution in [2.24, 2.45) is 5.73 Å². The predicted molar refractivity (Wildman–Crippen MR) is 40.1 cm³/mol. The van der Waals surface area contributed by atoms with Gasteiger partial charge < -0.3 is 10.9 Å². The molecule has 0 saturated carbocycles. The molecule has 0 amide bonds. The summed E-state index contributed by atoms with van der Waals surface area (Å²) < 4.78 is 1.06. The van der Waals surface area contributed by atoms with E-state index in [9.17, 15) is 4.79 Å². The second-order valence-corrected chi connectivity index (χ2v) is 2.35. The van der Waals surface area contributed by atoms with Crippen molar-refractivity contribution in [3.8, 4) is 0 Å². The SMILES string of the molecule is NCc1ncn2c(=O)n(O)nnc12. The molecule has 0 unspecified atom stereocenters. The maximum atomic E-state index is 11.2. The van der Waals surface area contributed by atoms with Crippen molar-refractivity contribution in [2.75, 3.05) is 0 Å². The lowest BCUT2D eigenvalue weighted by molar-refractivity contribution is 0.119. The van der Waals surface area contributed by atoms with Gasteiger partial charge in [0.1, 0.15) is 12.0 Å². The van der Waals surface area contributed by atoms with Crippen LogP contribution in [0.2, 0.25) is 0 Å². The van der Waals surface area contributed by atoms with E-state index in [0.29, 0.717) is 5.69 Å². The fourth-order valence-corrected chi connectivity index (χ4v) is 0.988. The van der Waals surface area contributed by atoms with E-state index in [2.05, 4.69) is 15.3 Å². The number of rotatable bonds is 1. The van der Waals surface area contributed by atoms with E-state index in [0.717, 1.165) is 4.40 Å². The molecule has 0 spiro atoms. The maximum absolute atomic E-state index is 11.2. The van der Waals surface area contributed by atoms with E-state index in [1.165, 1.54) is 6.33 Å². The highest BCUT2D eigenvalue weighted by atomic mass is 16.5. The topological polar surface area (TPSA) is 111 Å². The average molecular weight is 182 g/mol. The standard InChI is InChI=1S/C5H6N6O2/c6-1-3-4-8-9-11(13)5(12)10(4)2-7-3/h2,13H,1,6H2. The molecule has 0 fully saturated rings. The first-order valence-corrected chi connectivity index (χ1v) is 3.45. The smallest absolute Gasteiger partial charge is 0.387 e. The Balaban J connectivity index is 2.89. The van der Waals surface area contributed by atoms with Crippen molar-refractivity contribution < 1.29 is 5.21 Å². The minimum absolute atomic E-state index is 0.134. The van der Waals surface area contributed by atoms with Crippen LogP contribution in [-0.2, 0) is 6.54 Å². The molecule has 2 aromatic rings. The highest BCUT2D eigenvalue weighted by Crippen LogP contribution is 1.99. The van der Waals surface area contributed by atoms with Gasteiger partial charge in [-0.3, -0.25) is 0 Å². The van der Waals surface area contributed by atoms with Gasteiger partial charge in [-0.1, -0.05) is 0 Å². The van der Waals surface area contributed by atoms with Crippen LogP contribution in [0.1, 0.15) is 5.69 Å². The number of nitrogens with zero attached hydrogens (tertiary/aromatic N) is 5. The quantitative estimate of drug-likeness (QED) is 0.492. The Bertz CT molecular complexity index is 499. The van der Waals surface area contributed by atoms with Crippen LogP contribution in [0, 0.1) is 0 Å². The first-order chi connectivity index (χ1) is 6.24. The molecule has 8 heteroatoms. The maximum Gasteiger partial charge on any atom is 0.387 e. The number of hydrogen-bond acceptors (Lipinski definition) is 6. The highest BCUT2D eigenvalue weighted by molar-refractivity contribution is 5.41. The van der Waals surface area contributed by atoms with Gasteiger partial charge in [-0.25, -0.2) is 14.2 Å². The van der Waals surface area contributed by atoms with Gasteiger partial charge in [0.05, 0.1) is 0 Å². The summed E-state index contributed by atoms with van der Waals surface area (Å²) in [5.74, 6) is 0. The Kier molecular flexibility index (Phi) is 1.49. The molecule has 13 heavy (non-hydrogen) atoms. The van der Waals surface area contributed by atoms with Crippen LogP contribution in [-0.4, -0.2) is 29.7 Å². The fourth-order valence-electron chi connectivity index (χ4n) is 0.988. The van der Waals surface area contributed by atoms with E-state index < -0.39 is 5.69 Å². The molecule has 2 aromatic heterocycles. The van der Waals surface area contributed by atoms with Crippen LogP contribution in [0.3, 0.4) is 0 Å². The molecule has 0 bridgehead atoms. The van der Waals surface area contributed by atoms with Gasteiger partial charge in [0.25, 0.3) is 0 Å². The summed E-state index contributed by atoms with van der Waals surface area (Å²) in [5.41, 5.74) is 5.33. The number of aromatic nitrogens is 5. The third-order valence-electron chi connectivity index (χ3n) is 1.61. The van der Waals surface area contributed by atoms with Gasteiger partial charge in [-0.05, 0) is 10.1 Å². The fraction of sp³-hybridized carbons (Fsp3) is 0.200. The molecule has 68 valence electrons. The Morgan fingerprint density at radius 3 is 3.08 bits per heavy atom. The van der Waals surface area contributed by atoms with E-state index >= 15 is 0 Å². The van der Waals surface area contributed by atoms with Crippen LogP contribution in [0.5, 0.6) is 0 Å². The van der Waals surface area contributed by atoms with Crippen molar-refractivity contribution in [3.63, 3.8) is 0 Å². The summed E-state index contributed by atoms with van der Waals surface area (Å²) in [7, 11) is 0. The molecule has 0 aliphatic heterocycles. The van der Waals surface area contributed by atoms with Gasteiger partial charge in [0, 0.05) is 6.54 Å². The highest BCUT2D eigenvalue weighted by Gasteiger charge is 2.08. The Morgan fingerprint density at radius 2 is 2.38 bits per heavy atom. The summed E-state index contributed by atoms with van der Waals surface area (Å²) in [6.07, 6.45) is 1.24. The lowest BCUT2D eigenvalue weighted by Gasteiger charge is -1.94. The van der Waals surface area contributed by atoms with Crippen molar-refractivity contribution in [3.05, 3.63) is 22.5 Å². The molecule has 2 heterocycles. The average Bonchev–Trinajstić information content (AvgIpc) is 2.55. The molecule has 0 saturated heterocycles. The summed E-state index contributed by atoms with van der Waals surface area (Å²) in [6.45, 7) is 0.167. The van der Waals surface area contributed by atoms with Crippen LogP contribution in [0.4, 0.5) is 0 Å². The monoisotopic (exact) mass is 182 g/mol. The van der Waals surface area contributed by atoms with Crippen LogP contribution < -0.4 is 11.4 Å². The van der Waals surface area contributed by atoms with E-state index in [1.54, 1.807) is 0 Å². The minimum Gasteiger partial charge on any atom is -0.406 e. The predicted octanol–water partition coefficient (Wildman–Crippen LogP) is -2.02. The number of nitrogens with two attached hydrogens (primary N) is 1. The van der Waals surface area contributed by atoms with Crippen LogP contribution in [0.15, 0.2) is 11.1 Å². The van der Waals surface area contributed by atoms with Gasteiger partial charge in [-0.2, -0.15) is 0 Å². The first-order valence-electron chi connectivity index (χ1n) is 3.45. The van der Waals surface area contributed by atoms with Crippen molar-refractivity contribution in [1.29, 1.82) is 0 Å². The molecular formula is C5H6N6O2. The molecule has 0 atom stereocenters. The largest absolute Gasteiger partial charge is 0.406 e. The van der Waals surface area contributed by atoms with Gasteiger partial charge >= 0.3 is 5.69 Å². The summed E-state index contributed by atoms with van der Waals surface area (Å²) in [4.78, 5) is 15.1. The lowest BCUT2D eigenvalue weighted by Crippen LogP contribution is -2.28. The first kappa shape index (κ1) is 7.68. The number of fused-ring (bicyclic) bond motifs is 1. The van der Waals surface area contributed by atoms with Gasteiger partial charge in [-0.15, -0.1) is 5.10 Å². The summed E-state index contributed by atoms with van der Waals surface area (Å²) in [6, 6.07) is 0. The van der Waals surface area contributed by atoms with E-state index in [-0.39, 0.29) is 17.0 Å². The minimum atomic E-state index is -0.725. The summed E-state index contributed by atoms with van der Waals surface area (Å²) in [5, 5.41) is 15.6. The number of hydrogen-bond donors (Lipinski definition) is 2. The second-order valence-electron chi connectivity index (χ2n) is 2.35. The second kappa shape index (κ2) is 2.52. The zero-order chi connectivity index (χ0) is 9.42. The molecule has 0 aliphatic rings. The normalized spacial score (nSPS) is 10.8. The van der Waals surface area contributed by atoms with Gasteiger partial charge in [0.2, 0.25) is 0 Å². The molecule has 0 aromatic carbocycles. The third-order valence-corrected chi connectivity index (χ3v) is 1.61. The summed E-state index contributed by atoms with van der Waals surface area (Å²) >= 11 is 0. The molecular weight excluding hydrogens is 176 g/mol. The third kappa shape index (κ3) is 0.957. The molecule has 8 nitrogen and oxygen atoms in total. The Labute approximate surface area is 71.2 Å². The number of imidazole rings is 1. The Hall–Kier alpha value is -1.96. The molecule has 0 aliphatic carbocycles. The van der Waals surface area contributed by atoms with Gasteiger partial charge in [0.15, 0.2) is 5.65 Å². The zero-order valence-corrected chi connectivity index (χ0v) is 6.45. The molecule has 3 N–H and O–H groups in total. The van der Waals surface area contributed by atoms with Crippen molar-refractivity contribution in [2.45, 2.75) is 6.54 Å². The van der Waals surface area contributed by atoms with E-state index in [1.807, 2.05) is 0 Å². The zero-order valence-electron chi connectivity index (χ0n) is 6.45. The van der Waals surface area contributed by atoms with Crippen molar-refractivity contribution >= 4 is 5.65 Å². The Morgan fingerprint density at radius 1 is 1.62 bits per heavy atom. The van der Waals surface area contributed by atoms with Crippen molar-refractivity contribution in [1.82, 2.24) is 24.5 Å². The van der Waals surface area contributed by atoms with Crippen LogP contribution in [0.25, 0.3) is 5.65 Å². The molecule has 2 rings (SSSR count).